The molecule has 0 bridgehead atoms. The van der Waals surface area contributed by atoms with Crippen molar-refractivity contribution in [2.75, 3.05) is 65.6 Å². The molecule has 2 aliphatic heterocycles. The molecule has 2 aliphatic rings. The molecular weight excluding hydrogens is 432 g/mol. The maximum Gasteiger partial charge on any atom is 0.243 e. The first-order valence-corrected chi connectivity index (χ1v) is 13.0. The van der Waals surface area contributed by atoms with Crippen LogP contribution in [0, 0.1) is 27.7 Å². The highest BCUT2D eigenvalue weighted by Crippen LogP contribution is 2.29. The van der Waals surface area contributed by atoms with Crippen LogP contribution in [0.5, 0.6) is 0 Å². The standard InChI is InChI=1S/C22H36N4O3S2/c1-17-16-18(2)20(4)21(19(17)3)31(27,28)26-10-8-25(9-11-26)22(30)23-6-5-7-24-12-14-29-15-13-24/h16H,5-15H2,1-4H3,(H,23,30). The van der Waals surface area contributed by atoms with Gasteiger partial charge in [-0.15, -0.1) is 0 Å². The van der Waals surface area contributed by atoms with Gasteiger partial charge >= 0.3 is 0 Å². The molecule has 0 aromatic heterocycles. The molecule has 1 aromatic carbocycles. The quantitative estimate of drug-likeness (QED) is 0.505. The van der Waals surface area contributed by atoms with E-state index >= 15 is 0 Å². The molecule has 1 aromatic rings. The van der Waals surface area contributed by atoms with Gasteiger partial charge in [-0.25, -0.2) is 8.42 Å². The summed E-state index contributed by atoms with van der Waals surface area (Å²) in [6.45, 7) is 15.4. The Morgan fingerprint density at radius 3 is 2.16 bits per heavy atom. The van der Waals surface area contributed by atoms with Crippen molar-refractivity contribution in [3.8, 4) is 0 Å². The lowest BCUT2D eigenvalue weighted by Gasteiger charge is -2.36. The van der Waals surface area contributed by atoms with E-state index in [2.05, 4.69) is 21.2 Å². The summed E-state index contributed by atoms with van der Waals surface area (Å²) in [6, 6.07) is 2.06. The number of rotatable bonds is 6. The maximum atomic E-state index is 13.4. The summed E-state index contributed by atoms with van der Waals surface area (Å²) < 4.78 is 33.8. The Labute approximate surface area is 192 Å². The normalized spacial score (nSPS) is 18.9. The van der Waals surface area contributed by atoms with E-state index in [-0.39, 0.29) is 0 Å². The molecule has 0 atom stereocenters. The SMILES string of the molecule is Cc1cc(C)c(C)c(S(=O)(=O)N2CCN(C(=S)NCCCN3CCOCC3)CC2)c1C. The molecule has 2 fully saturated rings. The molecule has 0 radical (unpaired) electrons. The van der Waals surface area contributed by atoms with Gasteiger partial charge in [0.05, 0.1) is 18.1 Å². The molecule has 0 spiro atoms. The van der Waals surface area contributed by atoms with E-state index in [1.54, 1.807) is 4.31 Å². The third-order valence-electron chi connectivity index (χ3n) is 6.45. The Morgan fingerprint density at radius 1 is 1.00 bits per heavy atom. The molecule has 3 rings (SSSR count). The summed E-state index contributed by atoms with van der Waals surface area (Å²) in [5.74, 6) is 0. The van der Waals surface area contributed by atoms with Crippen molar-refractivity contribution in [3.63, 3.8) is 0 Å². The van der Waals surface area contributed by atoms with E-state index < -0.39 is 10.0 Å². The molecule has 174 valence electrons. The van der Waals surface area contributed by atoms with Crippen molar-refractivity contribution in [2.24, 2.45) is 0 Å². The van der Waals surface area contributed by atoms with Crippen LogP contribution < -0.4 is 5.32 Å². The summed E-state index contributed by atoms with van der Waals surface area (Å²) in [5, 5.41) is 4.06. The number of thiocarbonyl (C=S) groups is 1. The van der Waals surface area contributed by atoms with Crippen LogP contribution in [0.3, 0.4) is 0 Å². The number of aryl methyl sites for hydroxylation is 2. The predicted molar refractivity (Wildman–Crippen MR) is 128 cm³/mol. The van der Waals surface area contributed by atoms with Crippen LogP contribution in [0.25, 0.3) is 0 Å². The zero-order valence-corrected chi connectivity index (χ0v) is 20.9. The molecular formula is C22H36N4O3S2. The molecule has 2 heterocycles. The zero-order valence-electron chi connectivity index (χ0n) is 19.2. The van der Waals surface area contributed by atoms with Gasteiger partial charge in [-0.3, -0.25) is 4.90 Å². The lowest BCUT2D eigenvalue weighted by atomic mass is 10.0. The first-order chi connectivity index (χ1) is 14.7. The number of morpholine rings is 1. The maximum absolute atomic E-state index is 13.4. The average molecular weight is 469 g/mol. The first kappa shape index (κ1) is 24.4. The number of sulfonamides is 1. The Hall–Kier alpha value is -1.26. The second-order valence-electron chi connectivity index (χ2n) is 8.52. The van der Waals surface area contributed by atoms with Crippen molar-refractivity contribution < 1.29 is 13.2 Å². The third kappa shape index (κ3) is 5.76. The van der Waals surface area contributed by atoms with E-state index in [0.29, 0.717) is 31.1 Å². The predicted octanol–water partition coefficient (Wildman–Crippen LogP) is 1.82. The summed E-state index contributed by atoms with van der Waals surface area (Å²) in [4.78, 5) is 4.97. The minimum absolute atomic E-state index is 0.448. The first-order valence-electron chi connectivity index (χ1n) is 11.1. The fraction of sp³-hybridized carbons (Fsp3) is 0.682. The Bertz CT molecular complexity index is 864. The van der Waals surface area contributed by atoms with Crippen molar-refractivity contribution in [2.45, 2.75) is 39.0 Å². The number of ether oxygens (including phenoxy) is 1. The number of hydrogen-bond donors (Lipinski definition) is 1. The van der Waals surface area contributed by atoms with Crippen LogP contribution in [0.15, 0.2) is 11.0 Å². The number of hydrogen-bond acceptors (Lipinski definition) is 5. The molecule has 0 amide bonds. The summed E-state index contributed by atoms with van der Waals surface area (Å²) >= 11 is 5.56. The fourth-order valence-corrected chi connectivity index (χ4v) is 6.55. The van der Waals surface area contributed by atoms with Gasteiger partial charge in [-0.1, -0.05) is 6.07 Å². The summed E-state index contributed by atoms with van der Waals surface area (Å²) in [7, 11) is -3.52. The Kier molecular flexibility index (Phi) is 8.31. The molecule has 31 heavy (non-hydrogen) atoms. The van der Waals surface area contributed by atoms with Gasteiger partial charge in [0.1, 0.15) is 0 Å². The number of nitrogens with one attached hydrogen (secondary N) is 1. The molecule has 9 heteroatoms. The lowest BCUT2D eigenvalue weighted by Crippen LogP contribution is -2.53. The Morgan fingerprint density at radius 2 is 1.58 bits per heavy atom. The van der Waals surface area contributed by atoms with Crippen molar-refractivity contribution in [1.82, 2.24) is 19.4 Å². The van der Waals surface area contributed by atoms with Crippen molar-refractivity contribution >= 4 is 27.4 Å². The average Bonchev–Trinajstić information content (AvgIpc) is 2.76. The van der Waals surface area contributed by atoms with Gasteiger partial charge in [-0.05, 0) is 75.1 Å². The van der Waals surface area contributed by atoms with Crippen molar-refractivity contribution in [3.05, 3.63) is 28.3 Å². The third-order valence-corrected chi connectivity index (χ3v) is 9.03. The van der Waals surface area contributed by atoms with E-state index in [4.69, 9.17) is 17.0 Å². The molecule has 0 aliphatic carbocycles. The van der Waals surface area contributed by atoms with Crippen LogP contribution in [-0.4, -0.2) is 93.2 Å². The topological polar surface area (TPSA) is 65.1 Å². The number of benzene rings is 1. The van der Waals surface area contributed by atoms with Gasteiger partial charge in [0.25, 0.3) is 0 Å². The van der Waals surface area contributed by atoms with E-state index in [1.165, 1.54) is 0 Å². The second kappa shape index (κ2) is 10.6. The van der Waals surface area contributed by atoms with Gasteiger partial charge < -0.3 is 15.0 Å². The summed E-state index contributed by atoms with van der Waals surface area (Å²) in [5.41, 5.74) is 3.73. The summed E-state index contributed by atoms with van der Waals surface area (Å²) in [6.07, 6.45) is 1.03. The Balaban J connectivity index is 1.51. The van der Waals surface area contributed by atoms with E-state index in [0.717, 1.165) is 73.2 Å². The van der Waals surface area contributed by atoms with E-state index in [9.17, 15) is 8.42 Å². The van der Waals surface area contributed by atoms with Crippen LogP contribution >= 0.6 is 12.2 Å². The minimum Gasteiger partial charge on any atom is -0.379 e. The zero-order chi connectivity index (χ0) is 22.6. The monoisotopic (exact) mass is 468 g/mol. The van der Waals surface area contributed by atoms with Crippen LogP contribution in [0.1, 0.15) is 28.7 Å². The second-order valence-corrected chi connectivity index (χ2v) is 10.8. The largest absolute Gasteiger partial charge is 0.379 e. The van der Waals surface area contributed by atoms with Crippen LogP contribution in [-0.2, 0) is 14.8 Å². The highest BCUT2D eigenvalue weighted by atomic mass is 32.2. The van der Waals surface area contributed by atoms with E-state index in [1.807, 2.05) is 27.7 Å². The minimum atomic E-state index is -3.52. The van der Waals surface area contributed by atoms with Crippen LogP contribution in [0.4, 0.5) is 0 Å². The van der Waals surface area contributed by atoms with Gasteiger partial charge in [0.2, 0.25) is 10.0 Å². The smallest absolute Gasteiger partial charge is 0.243 e. The van der Waals surface area contributed by atoms with Crippen LogP contribution in [0.2, 0.25) is 0 Å². The molecule has 0 unspecified atom stereocenters. The molecule has 2 saturated heterocycles. The highest BCUT2D eigenvalue weighted by molar-refractivity contribution is 7.89. The highest BCUT2D eigenvalue weighted by Gasteiger charge is 2.32. The molecule has 7 nitrogen and oxygen atoms in total. The fourth-order valence-electron chi connectivity index (χ4n) is 4.26. The van der Waals surface area contributed by atoms with Gasteiger partial charge in [0, 0.05) is 45.8 Å². The number of nitrogens with zero attached hydrogens (tertiary/aromatic N) is 3. The van der Waals surface area contributed by atoms with Gasteiger partial charge in [0.15, 0.2) is 5.11 Å². The lowest BCUT2D eigenvalue weighted by molar-refractivity contribution is 0.0375. The van der Waals surface area contributed by atoms with Crippen molar-refractivity contribution in [1.29, 1.82) is 0 Å². The molecule has 0 saturated carbocycles. The number of piperazine rings is 1. The molecule has 1 N–H and O–H groups in total. The van der Waals surface area contributed by atoms with Gasteiger partial charge in [-0.2, -0.15) is 4.31 Å².